The molecule has 1 aromatic rings. The van der Waals surface area contributed by atoms with Gasteiger partial charge in [0, 0.05) is 18.8 Å². The molecule has 8 heteroatoms. The van der Waals surface area contributed by atoms with Gasteiger partial charge in [0.15, 0.2) is 15.8 Å². The number of guanidine groups is 1. The second-order valence-corrected chi connectivity index (χ2v) is 7.74. The largest absolute Gasteiger partial charge is 0.357 e. The first-order valence-electron chi connectivity index (χ1n) is 7.37. The Kier molecular flexibility index (Phi) is 7.72. The molecule has 0 unspecified atom stereocenters. The van der Waals surface area contributed by atoms with Gasteiger partial charge in [-0.05, 0) is 43.0 Å². The van der Waals surface area contributed by atoms with Gasteiger partial charge in [-0.15, -0.1) is 24.0 Å². The van der Waals surface area contributed by atoms with Crippen LogP contribution in [0.5, 0.6) is 0 Å². The fourth-order valence-electron chi connectivity index (χ4n) is 2.07. The normalized spacial score (nSPS) is 15.0. The van der Waals surface area contributed by atoms with Gasteiger partial charge in [0.2, 0.25) is 0 Å². The summed E-state index contributed by atoms with van der Waals surface area (Å²) >= 11 is 0. The lowest BCUT2D eigenvalue weighted by Gasteiger charge is -2.11. The van der Waals surface area contributed by atoms with Crippen molar-refractivity contribution < 1.29 is 12.8 Å². The van der Waals surface area contributed by atoms with Gasteiger partial charge in [0.1, 0.15) is 5.82 Å². The lowest BCUT2D eigenvalue weighted by Crippen LogP contribution is -2.38. The summed E-state index contributed by atoms with van der Waals surface area (Å²) in [5.41, 5.74) is 1.19. The number of halogens is 2. The lowest BCUT2D eigenvalue weighted by atomic mass is 10.1. The molecule has 23 heavy (non-hydrogen) atoms. The summed E-state index contributed by atoms with van der Waals surface area (Å²) in [5, 5.41) is 6.40. The SMILES string of the molecule is CCNC(=NCc1cc(F)ccc1CS(C)(=O)=O)NC1CC1.I. The number of hydrogen-bond donors (Lipinski definition) is 2. The summed E-state index contributed by atoms with van der Waals surface area (Å²) < 4.78 is 36.4. The molecule has 0 aliphatic heterocycles. The average Bonchev–Trinajstić information content (AvgIpc) is 3.21. The van der Waals surface area contributed by atoms with Crippen LogP contribution >= 0.6 is 24.0 Å². The Bertz CT molecular complexity index is 661. The van der Waals surface area contributed by atoms with Crippen LogP contribution in [0.4, 0.5) is 4.39 Å². The topological polar surface area (TPSA) is 70.6 Å². The zero-order valence-electron chi connectivity index (χ0n) is 13.3. The smallest absolute Gasteiger partial charge is 0.191 e. The highest BCUT2D eigenvalue weighted by atomic mass is 127. The molecule has 0 amide bonds. The second-order valence-electron chi connectivity index (χ2n) is 5.60. The molecule has 0 spiro atoms. The van der Waals surface area contributed by atoms with Crippen LogP contribution in [0, 0.1) is 5.82 Å². The molecule has 0 heterocycles. The van der Waals surface area contributed by atoms with E-state index in [1.54, 1.807) is 0 Å². The van der Waals surface area contributed by atoms with Gasteiger partial charge in [-0.3, -0.25) is 0 Å². The van der Waals surface area contributed by atoms with E-state index in [-0.39, 0.29) is 42.1 Å². The van der Waals surface area contributed by atoms with E-state index in [1.807, 2.05) is 6.92 Å². The maximum Gasteiger partial charge on any atom is 0.191 e. The van der Waals surface area contributed by atoms with E-state index < -0.39 is 9.84 Å². The van der Waals surface area contributed by atoms with Crippen molar-refractivity contribution >= 4 is 39.8 Å². The molecule has 130 valence electrons. The third-order valence-electron chi connectivity index (χ3n) is 3.26. The van der Waals surface area contributed by atoms with Crippen LogP contribution in [0.1, 0.15) is 30.9 Å². The standard InChI is InChI=1S/C15H22FN3O2S.HI/c1-3-17-15(19-14-6-7-14)18-9-12-8-13(16)5-4-11(12)10-22(2,20)21;/h4-5,8,14H,3,6-7,9-10H2,1-2H3,(H2,17,18,19);1H. The van der Waals surface area contributed by atoms with Gasteiger partial charge >= 0.3 is 0 Å². The molecular formula is C15H23FIN3O2S. The minimum atomic E-state index is -3.17. The Labute approximate surface area is 154 Å². The van der Waals surface area contributed by atoms with E-state index in [4.69, 9.17) is 0 Å². The van der Waals surface area contributed by atoms with Crippen LogP contribution in [-0.2, 0) is 22.1 Å². The van der Waals surface area contributed by atoms with Crippen molar-refractivity contribution in [1.82, 2.24) is 10.6 Å². The zero-order valence-corrected chi connectivity index (χ0v) is 16.4. The Morgan fingerprint density at radius 3 is 2.61 bits per heavy atom. The van der Waals surface area contributed by atoms with Crippen LogP contribution in [0.15, 0.2) is 23.2 Å². The van der Waals surface area contributed by atoms with E-state index in [9.17, 15) is 12.8 Å². The molecule has 1 saturated carbocycles. The highest BCUT2D eigenvalue weighted by Gasteiger charge is 2.22. The first-order chi connectivity index (χ1) is 10.4. The molecule has 0 atom stereocenters. The predicted octanol–water partition coefficient (Wildman–Crippen LogP) is 2.21. The van der Waals surface area contributed by atoms with Gasteiger partial charge in [-0.1, -0.05) is 6.07 Å². The summed E-state index contributed by atoms with van der Waals surface area (Å²) in [5.74, 6) is 0.187. The number of sulfone groups is 1. The van der Waals surface area contributed by atoms with E-state index in [1.165, 1.54) is 24.5 Å². The Hall–Kier alpha value is -0.900. The van der Waals surface area contributed by atoms with Crippen LogP contribution in [0.3, 0.4) is 0 Å². The van der Waals surface area contributed by atoms with Gasteiger partial charge in [-0.25, -0.2) is 17.8 Å². The molecule has 5 nitrogen and oxygen atoms in total. The summed E-state index contributed by atoms with van der Waals surface area (Å²) in [6, 6.07) is 4.61. The molecule has 2 N–H and O–H groups in total. The van der Waals surface area contributed by atoms with Crippen molar-refractivity contribution in [2.45, 2.75) is 38.1 Å². The van der Waals surface area contributed by atoms with E-state index in [2.05, 4.69) is 15.6 Å². The molecule has 0 saturated heterocycles. The van der Waals surface area contributed by atoms with Gasteiger partial charge in [0.05, 0.1) is 12.3 Å². The summed E-state index contributed by atoms with van der Waals surface area (Å²) in [6.07, 6.45) is 3.43. The van der Waals surface area contributed by atoms with Crippen molar-refractivity contribution in [2.24, 2.45) is 4.99 Å². The third kappa shape index (κ3) is 7.47. The Morgan fingerprint density at radius 2 is 2.04 bits per heavy atom. The first-order valence-corrected chi connectivity index (χ1v) is 9.43. The van der Waals surface area contributed by atoms with Crippen molar-refractivity contribution in [3.05, 3.63) is 35.1 Å². The van der Waals surface area contributed by atoms with Crippen LogP contribution in [0.2, 0.25) is 0 Å². The van der Waals surface area contributed by atoms with Crippen LogP contribution in [0.25, 0.3) is 0 Å². The maximum absolute atomic E-state index is 13.4. The third-order valence-corrected chi connectivity index (χ3v) is 4.09. The summed E-state index contributed by atoms with van der Waals surface area (Å²) in [4.78, 5) is 4.43. The second kappa shape index (κ2) is 8.81. The minimum absolute atomic E-state index is 0. The number of hydrogen-bond acceptors (Lipinski definition) is 3. The Morgan fingerprint density at radius 1 is 1.35 bits per heavy atom. The molecule has 2 rings (SSSR count). The van der Waals surface area contributed by atoms with Gasteiger partial charge in [0.25, 0.3) is 0 Å². The minimum Gasteiger partial charge on any atom is -0.357 e. The average molecular weight is 455 g/mol. The van der Waals surface area contributed by atoms with Crippen molar-refractivity contribution in [2.75, 3.05) is 12.8 Å². The molecule has 1 fully saturated rings. The monoisotopic (exact) mass is 455 g/mol. The molecule has 1 aromatic carbocycles. The van der Waals surface area contributed by atoms with Crippen LogP contribution in [-0.4, -0.2) is 33.2 Å². The molecule has 0 aromatic heterocycles. The molecular weight excluding hydrogens is 432 g/mol. The van der Waals surface area contributed by atoms with Crippen molar-refractivity contribution in [3.8, 4) is 0 Å². The quantitative estimate of drug-likeness (QED) is 0.392. The number of benzene rings is 1. The molecule has 1 aliphatic rings. The molecule has 0 bridgehead atoms. The fourth-order valence-corrected chi connectivity index (χ4v) is 2.92. The number of nitrogens with one attached hydrogen (secondary N) is 2. The van der Waals surface area contributed by atoms with Gasteiger partial charge < -0.3 is 10.6 Å². The fraction of sp³-hybridized carbons (Fsp3) is 0.533. The highest BCUT2D eigenvalue weighted by Crippen LogP contribution is 2.19. The zero-order chi connectivity index (χ0) is 16.2. The predicted molar refractivity (Wildman–Crippen MR) is 101 cm³/mol. The van der Waals surface area contributed by atoms with Crippen molar-refractivity contribution in [1.29, 1.82) is 0 Å². The van der Waals surface area contributed by atoms with E-state index in [0.717, 1.165) is 19.4 Å². The first kappa shape index (κ1) is 20.1. The Balaban J connectivity index is 0.00000264. The van der Waals surface area contributed by atoms with E-state index in [0.29, 0.717) is 23.1 Å². The summed E-state index contributed by atoms with van der Waals surface area (Å²) in [6.45, 7) is 2.95. The van der Waals surface area contributed by atoms with Gasteiger partial charge in [-0.2, -0.15) is 0 Å². The number of nitrogens with zero attached hydrogens (tertiary/aromatic N) is 1. The summed E-state index contributed by atoms with van der Waals surface area (Å²) in [7, 11) is -3.17. The lowest BCUT2D eigenvalue weighted by molar-refractivity contribution is 0.600. The van der Waals surface area contributed by atoms with Crippen molar-refractivity contribution in [3.63, 3.8) is 0 Å². The number of rotatable bonds is 6. The highest BCUT2D eigenvalue weighted by molar-refractivity contribution is 14.0. The molecule has 1 aliphatic carbocycles. The number of aliphatic imine (C=N–C) groups is 1. The maximum atomic E-state index is 13.4. The molecule has 0 radical (unpaired) electrons. The van der Waals surface area contributed by atoms with E-state index >= 15 is 0 Å². The van der Waals surface area contributed by atoms with Crippen LogP contribution < -0.4 is 10.6 Å².